The van der Waals surface area contributed by atoms with Gasteiger partial charge in [0, 0.05) is 0 Å². The number of alkyl halides is 3. The first-order valence-corrected chi connectivity index (χ1v) is 3.28. The number of hydrogen-bond acceptors (Lipinski definition) is 3. The fraction of sp³-hybridized carbons (Fsp3) is 0.143. The van der Waals surface area contributed by atoms with Crippen LogP contribution >= 0.6 is 0 Å². The number of rotatable bonds is 2. The van der Waals surface area contributed by atoms with Crippen LogP contribution in [0.3, 0.4) is 0 Å². The second-order valence-corrected chi connectivity index (χ2v) is 2.16. The number of nitrogens with one attached hydrogen (secondary N) is 1. The summed E-state index contributed by atoms with van der Waals surface area (Å²) in [7, 11) is 0. The lowest BCUT2D eigenvalue weighted by molar-refractivity contribution is -0.274. The highest BCUT2D eigenvalue weighted by Crippen LogP contribution is 2.29. The second kappa shape index (κ2) is 3.53. The molecule has 0 fully saturated rings. The van der Waals surface area contributed by atoms with Gasteiger partial charge in [-0.1, -0.05) is 12.1 Å². The Bertz CT molecular complexity index is 287. The third kappa shape index (κ3) is 2.83. The van der Waals surface area contributed by atoms with Crippen molar-refractivity contribution in [3.63, 3.8) is 0 Å². The van der Waals surface area contributed by atoms with Crippen LogP contribution in [0.25, 0.3) is 0 Å². The van der Waals surface area contributed by atoms with E-state index in [1.54, 1.807) is 5.48 Å². The highest BCUT2D eigenvalue weighted by Gasteiger charge is 2.31. The van der Waals surface area contributed by atoms with Gasteiger partial charge in [0.1, 0.15) is 5.69 Å². The summed E-state index contributed by atoms with van der Waals surface area (Å²) in [5.74, 6) is -0.475. The zero-order valence-corrected chi connectivity index (χ0v) is 6.30. The number of halogens is 3. The number of para-hydroxylation sites is 2. The van der Waals surface area contributed by atoms with Gasteiger partial charge in [0.05, 0.1) is 0 Å². The molecule has 0 atom stereocenters. The lowest BCUT2D eigenvalue weighted by atomic mass is 10.3. The SMILES string of the molecule is ONc1ccccc1OC(F)(F)F. The molecule has 6 heteroatoms. The van der Waals surface area contributed by atoms with Gasteiger partial charge in [-0.25, -0.2) is 0 Å². The summed E-state index contributed by atoms with van der Waals surface area (Å²) in [5.41, 5.74) is 1.45. The van der Waals surface area contributed by atoms with E-state index >= 15 is 0 Å². The van der Waals surface area contributed by atoms with E-state index in [9.17, 15) is 13.2 Å². The number of hydrogen-bond donors (Lipinski definition) is 2. The maximum atomic E-state index is 11.7. The van der Waals surface area contributed by atoms with E-state index in [4.69, 9.17) is 5.21 Å². The molecule has 0 radical (unpaired) electrons. The third-order valence-electron chi connectivity index (χ3n) is 1.23. The summed E-state index contributed by atoms with van der Waals surface area (Å²) in [5, 5.41) is 8.42. The third-order valence-corrected chi connectivity index (χ3v) is 1.23. The molecule has 0 aromatic heterocycles. The summed E-state index contributed by atoms with van der Waals surface area (Å²) in [4.78, 5) is 0. The normalized spacial score (nSPS) is 11.1. The Morgan fingerprint density at radius 2 is 1.85 bits per heavy atom. The van der Waals surface area contributed by atoms with Crippen molar-refractivity contribution in [2.45, 2.75) is 6.36 Å². The molecular formula is C7H6F3NO2. The quantitative estimate of drug-likeness (QED) is 0.708. The van der Waals surface area contributed by atoms with E-state index in [0.717, 1.165) is 6.07 Å². The van der Waals surface area contributed by atoms with Gasteiger partial charge >= 0.3 is 6.36 Å². The van der Waals surface area contributed by atoms with Crippen LogP contribution in [0.1, 0.15) is 0 Å². The number of ether oxygens (including phenoxy) is 1. The molecule has 0 amide bonds. The molecule has 0 saturated heterocycles. The molecule has 1 aromatic rings. The highest BCUT2D eigenvalue weighted by atomic mass is 19.4. The topological polar surface area (TPSA) is 41.5 Å². The lowest BCUT2D eigenvalue weighted by Gasteiger charge is -2.11. The van der Waals surface area contributed by atoms with Gasteiger partial charge in [0.25, 0.3) is 0 Å². The largest absolute Gasteiger partial charge is 0.573 e. The van der Waals surface area contributed by atoms with Gasteiger partial charge in [0.15, 0.2) is 5.75 Å². The Balaban J connectivity index is 2.87. The Hall–Kier alpha value is -1.43. The van der Waals surface area contributed by atoms with Crippen molar-refractivity contribution < 1.29 is 23.1 Å². The molecule has 3 nitrogen and oxygen atoms in total. The van der Waals surface area contributed by atoms with Crippen LogP contribution in [-0.2, 0) is 0 Å². The van der Waals surface area contributed by atoms with Crippen molar-refractivity contribution in [2.24, 2.45) is 0 Å². The van der Waals surface area contributed by atoms with E-state index in [0.29, 0.717) is 0 Å². The van der Waals surface area contributed by atoms with Crippen LogP contribution in [0.2, 0.25) is 0 Å². The van der Waals surface area contributed by atoms with E-state index in [2.05, 4.69) is 4.74 Å². The van der Waals surface area contributed by atoms with Crippen LogP contribution in [0, 0.1) is 0 Å². The van der Waals surface area contributed by atoms with Gasteiger partial charge < -0.3 is 4.74 Å². The second-order valence-electron chi connectivity index (χ2n) is 2.16. The van der Waals surface area contributed by atoms with Gasteiger partial charge in [0.2, 0.25) is 0 Å². The maximum Gasteiger partial charge on any atom is 0.573 e. The number of anilines is 1. The van der Waals surface area contributed by atoms with Crippen LogP contribution < -0.4 is 10.2 Å². The Labute approximate surface area is 71.7 Å². The Morgan fingerprint density at radius 1 is 1.23 bits per heavy atom. The zero-order valence-electron chi connectivity index (χ0n) is 6.30. The first-order valence-electron chi connectivity index (χ1n) is 3.28. The predicted octanol–water partition coefficient (Wildman–Crippen LogP) is 2.39. The first kappa shape index (κ1) is 9.66. The molecule has 0 saturated carbocycles. The summed E-state index contributed by atoms with van der Waals surface area (Å²) in [6.07, 6.45) is -4.76. The monoisotopic (exact) mass is 193 g/mol. The van der Waals surface area contributed by atoms with Crippen LogP contribution in [0.4, 0.5) is 18.9 Å². The molecule has 0 heterocycles. The first-order chi connectivity index (χ1) is 6.03. The van der Waals surface area contributed by atoms with Gasteiger partial charge in [-0.15, -0.1) is 13.2 Å². The fourth-order valence-corrected chi connectivity index (χ4v) is 0.773. The molecular weight excluding hydrogens is 187 g/mol. The molecule has 1 aromatic carbocycles. The van der Waals surface area contributed by atoms with E-state index < -0.39 is 12.1 Å². The molecule has 1 rings (SSSR count). The number of benzene rings is 1. The van der Waals surface area contributed by atoms with Crippen LogP contribution in [-0.4, -0.2) is 11.6 Å². The zero-order chi connectivity index (χ0) is 9.90. The van der Waals surface area contributed by atoms with Gasteiger partial charge in [-0.3, -0.25) is 10.7 Å². The molecule has 0 aliphatic rings. The minimum atomic E-state index is -4.76. The van der Waals surface area contributed by atoms with Crippen molar-refractivity contribution in [3.8, 4) is 5.75 Å². The molecule has 0 bridgehead atoms. The van der Waals surface area contributed by atoms with Crippen molar-refractivity contribution in [2.75, 3.05) is 5.48 Å². The van der Waals surface area contributed by atoms with E-state index in [1.807, 2.05) is 0 Å². The molecule has 72 valence electrons. The Morgan fingerprint density at radius 3 is 2.38 bits per heavy atom. The predicted molar refractivity (Wildman–Crippen MR) is 38.5 cm³/mol. The smallest absolute Gasteiger partial charge is 0.403 e. The summed E-state index contributed by atoms with van der Waals surface area (Å²) >= 11 is 0. The van der Waals surface area contributed by atoms with E-state index in [-0.39, 0.29) is 5.69 Å². The van der Waals surface area contributed by atoms with Crippen molar-refractivity contribution in [3.05, 3.63) is 24.3 Å². The lowest BCUT2D eigenvalue weighted by Crippen LogP contribution is -2.17. The maximum absolute atomic E-state index is 11.7. The minimum absolute atomic E-state index is 0.139. The van der Waals surface area contributed by atoms with Gasteiger partial charge in [-0.05, 0) is 12.1 Å². The molecule has 0 unspecified atom stereocenters. The molecule has 2 N–H and O–H groups in total. The summed E-state index contributed by atoms with van der Waals surface area (Å²) in [6, 6.07) is 5.16. The molecule has 0 spiro atoms. The molecule has 0 aliphatic carbocycles. The van der Waals surface area contributed by atoms with Crippen LogP contribution in [0.5, 0.6) is 5.75 Å². The minimum Gasteiger partial charge on any atom is -0.403 e. The Kier molecular flexibility index (Phi) is 2.62. The molecule has 13 heavy (non-hydrogen) atoms. The average molecular weight is 193 g/mol. The van der Waals surface area contributed by atoms with Gasteiger partial charge in [-0.2, -0.15) is 0 Å². The summed E-state index contributed by atoms with van der Waals surface area (Å²) in [6.45, 7) is 0. The average Bonchev–Trinajstić information content (AvgIpc) is 2.02. The highest BCUT2D eigenvalue weighted by molar-refractivity contribution is 5.54. The summed E-state index contributed by atoms with van der Waals surface area (Å²) < 4.78 is 38.8. The fourth-order valence-electron chi connectivity index (χ4n) is 0.773. The van der Waals surface area contributed by atoms with Crippen LogP contribution in [0.15, 0.2) is 24.3 Å². The van der Waals surface area contributed by atoms with Crippen molar-refractivity contribution in [1.82, 2.24) is 0 Å². The van der Waals surface area contributed by atoms with Crippen molar-refractivity contribution in [1.29, 1.82) is 0 Å². The van der Waals surface area contributed by atoms with E-state index in [1.165, 1.54) is 18.2 Å². The standard InChI is InChI=1S/C7H6F3NO2/c8-7(9,10)13-6-4-2-1-3-5(6)11-12/h1-4,11-12H. The van der Waals surface area contributed by atoms with Crippen molar-refractivity contribution >= 4 is 5.69 Å². The molecule has 0 aliphatic heterocycles.